The number of ether oxygens (including phenoxy) is 1. The Morgan fingerprint density at radius 1 is 1.13 bits per heavy atom. The quantitative estimate of drug-likeness (QED) is 0.841. The van der Waals surface area contributed by atoms with Crippen LogP contribution >= 0.6 is 0 Å². The molecular weight excluding hydrogens is 314 g/mol. The van der Waals surface area contributed by atoms with E-state index in [-0.39, 0.29) is 6.10 Å². The number of pyridine rings is 1. The van der Waals surface area contributed by atoms with E-state index in [1.54, 1.807) is 14.8 Å². The maximum atomic E-state index is 12.8. The van der Waals surface area contributed by atoms with Crippen molar-refractivity contribution in [2.75, 3.05) is 26.2 Å². The molecule has 0 saturated carbocycles. The molecule has 2 fully saturated rings. The van der Waals surface area contributed by atoms with Crippen LogP contribution in [0.4, 0.5) is 0 Å². The van der Waals surface area contributed by atoms with Gasteiger partial charge in [0.2, 0.25) is 0 Å². The number of aryl methyl sites for hydroxylation is 1. The molecule has 2 aliphatic rings. The highest BCUT2D eigenvalue weighted by Crippen LogP contribution is 2.24. The first kappa shape index (κ1) is 16.7. The summed E-state index contributed by atoms with van der Waals surface area (Å²) in [6, 6.07) is 3.72. The zero-order valence-corrected chi connectivity index (χ0v) is 14.5. The van der Waals surface area contributed by atoms with E-state index >= 15 is 0 Å². The average Bonchev–Trinajstić information content (AvgIpc) is 2.83. The van der Waals surface area contributed by atoms with Crippen LogP contribution in [0, 0.1) is 6.92 Å². The highest BCUT2D eigenvalue weighted by molar-refractivity contribution is 7.86. The third-order valence-electron chi connectivity index (χ3n) is 4.58. The summed E-state index contributed by atoms with van der Waals surface area (Å²) in [6.07, 6.45) is 6.52. The van der Waals surface area contributed by atoms with Crippen LogP contribution in [0.2, 0.25) is 0 Å². The van der Waals surface area contributed by atoms with E-state index in [2.05, 4.69) is 4.98 Å². The summed E-state index contributed by atoms with van der Waals surface area (Å²) in [7, 11) is -3.35. The Bertz CT molecular complexity index is 627. The van der Waals surface area contributed by atoms with Crippen molar-refractivity contribution in [2.24, 2.45) is 0 Å². The van der Waals surface area contributed by atoms with Gasteiger partial charge in [-0.15, -0.1) is 0 Å². The van der Waals surface area contributed by atoms with Gasteiger partial charge in [-0.3, -0.25) is 4.98 Å². The molecule has 2 saturated heterocycles. The Balaban J connectivity index is 1.63. The van der Waals surface area contributed by atoms with E-state index < -0.39 is 10.2 Å². The van der Waals surface area contributed by atoms with Crippen LogP contribution in [0.3, 0.4) is 0 Å². The molecule has 1 aromatic rings. The van der Waals surface area contributed by atoms with Crippen LogP contribution in [-0.4, -0.2) is 54.3 Å². The number of hydrogen-bond acceptors (Lipinski definition) is 4. The molecule has 1 unspecified atom stereocenters. The van der Waals surface area contributed by atoms with Gasteiger partial charge in [0, 0.05) is 25.8 Å². The van der Waals surface area contributed by atoms with Crippen molar-refractivity contribution in [3.05, 3.63) is 24.0 Å². The minimum atomic E-state index is -3.35. The highest BCUT2D eigenvalue weighted by Gasteiger charge is 2.36. The SMILES string of the molecule is Cc1ncccc1OC1CCN(S(=O)(=O)N2CCCCCC2)C1. The maximum absolute atomic E-state index is 12.8. The third-order valence-corrected chi connectivity index (χ3v) is 6.58. The van der Waals surface area contributed by atoms with Crippen molar-refractivity contribution in [1.82, 2.24) is 13.6 Å². The second-order valence-corrected chi connectivity index (χ2v) is 8.22. The predicted molar refractivity (Wildman–Crippen MR) is 88.5 cm³/mol. The van der Waals surface area contributed by atoms with E-state index in [0.717, 1.165) is 43.5 Å². The molecule has 1 atom stereocenters. The lowest BCUT2D eigenvalue weighted by atomic mass is 10.2. The van der Waals surface area contributed by atoms with Gasteiger partial charge in [0.15, 0.2) is 0 Å². The topological polar surface area (TPSA) is 62.7 Å². The molecule has 0 aliphatic carbocycles. The molecule has 0 N–H and O–H groups in total. The zero-order chi connectivity index (χ0) is 16.3. The van der Waals surface area contributed by atoms with Crippen LogP contribution in [0.5, 0.6) is 5.75 Å². The first-order valence-corrected chi connectivity index (χ1v) is 9.80. The lowest BCUT2D eigenvalue weighted by Crippen LogP contribution is -2.43. The lowest BCUT2D eigenvalue weighted by Gasteiger charge is -2.26. The number of hydrogen-bond donors (Lipinski definition) is 0. The molecule has 1 aromatic heterocycles. The van der Waals surface area contributed by atoms with E-state index in [1.807, 2.05) is 19.1 Å². The smallest absolute Gasteiger partial charge is 0.282 e. The van der Waals surface area contributed by atoms with Crippen LogP contribution in [0.15, 0.2) is 18.3 Å². The standard InChI is InChI=1S/C16H25N3O3S/c1-14-16(7-6-9-17-14)22-15-8-12-19(13-15)23(20,21)18-10-4-2-3-5-11-18/h6-7,9,15H,2-5,8,10-13H2,1H3. The number of nitrogens with zero attached hydrogens (tertiary/aromatic N) is 3. The van der Waals surface area contributed by atoms with Crippen LogP contribution in [-0.2, 0) is 10.2 Å². The van der Waals surface area contributed by atoms with Crippen molar-refractivity contribution < 1.29 is 13.2 Å². The summed E-state index contributed by atoms with van der Waals surface area (Å²) in [6.45, 7) is 4.14. The Kier molecular flexibility index (Phi) is 5.18. The largest absolute Gasteiger partial charge is 0.487 e. The molecule has 0 amide bonds. The zero-order valence-electron chi connectivity index (χ0n) is 13.6. The van der Waals surface area contributed by atoms with Crippen molar-refractivity contribution >= 4 is 10.2 Å². The Morgan fingerprint density at radius 2 is 1.87 bits per heavy atom. The average molecular weight is 339 g/mol. The van der Waals surface area contributed by atoms with Gasteiger partial charge in [-0.25, -0.2) is 0 Å². The number of aromatic nitrogens is 1. The molecule has 0 bridgehead atoms. The molecule has 3 rings (SSSR count). The molecule has 3 heterocycles. The van der Waals surface area contributed by atoms with Crippen LogP contribution < -0.4 is 4.74 Å². The highest BCUT2D eigenvalue weighted by atomic mass is 32.2. The second-order valence-electron chi connectivity index (χ2n) is 6.29. The van der Waals surface area contributed by atoms with Crippen molar-refractivity contribution in [1.29, 1.82) is 0 Å². The fourth-order valence-corrected chi connectivity index (χ4v) is 4.95. The first-order chi connectivity index (χ1) is 11.1. The van der Waals surface area contributed by atoms with Gasteiger partial charge in [0.25, 0.3) is 10.2 Å². The lowest BCUT2D eigenvalue weighted by molar-refractivity contribution is 0.211. The number of rotatable bonds is 4. The maximum Gasteiger partial charge on any atom is 0.282 e. The van der Waals surface area contributed by atoms with Gasteiger partial charge in [-0.2, -0.15) is 17.0 Å². The van der Waals surface area contributed by atoms with Crippen LogP contribution in [0.1, 0.15) is 37.8 Å². The third kappa shape index (κ3) is 3.84. The summed E-state index contributed by atoms with van der Waals surface area (Å²) in [5, 5.41) is 0. The van der Waals surface area contributed by atoms with Crippen LogP contribution in [0.25, 0.3) is 0 Å². The van der Waals surface area contributed by atoms with Gasteiger partial charge in [0.1, 0.15) is 11.9 Å². The van der Waals surface area contributed by atoms with E-state index in [0.29, 0.717) is 26.2 Å². The normalized spacial score (nSPS) is 24.5. The molecule has 23 heavy (non-hydrogen) atoms. The van der Waals surface area contributed by atoms with Gasteiger partial charge in [-0.1, -0.05) is 12.8 Å². The van der Waals surface area contributed by atoms with E-state index in [9.17, 15) is 8.42 Å². The summed E-state index contributed by atoms with van der Waals surface area (Å²) in [4.78, 5) is 4.21. The predicted octanol–water partition coefficient (Wildman–Crippen LogP) is 1.96. The van der Waals surface area contributed by atoms with Gasteiger partial charge >= 0.3 is 0 Å². The molecule has 0 aromatic carbocycles. The van der Waals surface area contributed by atoms with Crippen molar-refractivity contribution in [3.63, 3.8) is 0 Å². The summed E-state index contributed by atoms with van der Waals surface area (Å²) >= 11 is 0. The Hall–Kier alpha value is -1.18. The fraction of sp³-hybridized carbons (Fsp3) is 0.688. The van der Waals surface area contributed by atoms with Gasteiger partial charge in [-0.05, 0) is 38.3 Å². The Morgan fingerprint density at radius 3 is 2.57 bits per heavy atom. The molecule has 7 heteroatoms. The Labute approximate surface area is 138 Å². The van der Waals surface area contributed by atoms with Gasteiger partial charge < -0.3 is 4.74 Å². The summed E-state index contributed by atoms with van der Waals surface area (Å²) in [5.74, 6) is 0.742. The summed E-state index contributed by atoms with van der Waals surface area (Å²) < 4.78 is 34.8. The molecule has 2 aliphatic heterocycles. The second kappa shape index (κ2) is 7.15. The molecule has 0 radical (unpaired) electrons. The van der Waals surface area contributed by atoms with E-state index in [4.69, 9.17) is 4.74 Å². The minimum absolute atomic E-state index is 0.0975. The first-order valence-electron chi connectivity index (χ1n) is 8.41. The summed E-state index contributed by atoms with van der Waals surface area (Å²) in [5.41, 5.74) is 0.835. The van der Waals surface area contributed by atoms with Gasteiger partial charge in [0.05, 0.1) is 12.2 Å². The van der Waals surface area contributed by atoms with E-state index in [1.165, 1.54) is 0 Å². The van der Waals surface area contributed by atoms with Crippen molar-refractivity contribution in [3.8, 4) is 5.75 Å². The van der Waals surface area contributed by atoms with Crippen molar-refractivity contribution in [2.45, 2.75) is 45.1 Å². The molecule has 128 valence electrons. The fourth-order valence-electron chi connectivity index (χ4n) is 3.21. The molecular formula is C16H25N3O3S. The molecule has 6 nitrogen and oxygen atoms in total. The minimum Gasteiger partial charge on any atom is -0.487 e. The monoisotopic (exact) mass is 339 g/mol. The molecule has 0 spiro atoms.